The van der Waals surface area contributed by atoms with Gasteiger partial charge < -0.3 is 14.5 Å². The molecule has 0 bridgehead atoms. The third-order valence-corrected chi connectivity index (χ3v) is 7.77. The van der Waals surface area contributed by atoms with E-state index in [9.17, 15) is 0 Å². The van der Waals surface area contributed by atoms with Crippen LogP contribution in [0.3, 0.4) is 0 Å². The summed E-state index contributed by atoms with van der Waals surface area (Å²) >= 11 is 1.67. The highest BCUT2D eigenvalue weighted by molar-refractivity contribution is 7.16. The first-order valence-electron chi connectivity index (χ1n) is 13.6. The van der Waals surface area contributed by atoms with Gasteiger partial charge >= 0.3 is 0 Å². The molecule has 0 N–H and O–H groups in total. The highest BCUT2D eigenvalue weighted by Gasteiger charge is 2.25. The molecule has 0 fully saturated rings. The molecular formula is C27H48N6OS. The molecule has 0 saturated carbocycles. The van der Waals surface area contributed by atoms with E-state index >= 15 is 0 Å². The van der Waals surface area contributed by atoms with E-state index in [-0.39, 0.29) is 6.23 Å². The normalized spacial score (nSPS) is 18.4. The Hall–Kier alpha value is -1.93. The quantitative estimate of drug-likeness (QED) is 0.289. The van der Waals surface area contributed by atoms with Crippen molar-refractivity contribution in [3.05, 3.63) is 22.7 Å². The molecule has 0 aromatic carbocycles. The van der Waals surface area contributed by atoms with Crippen LogP contribution in [-0.2, 0) is 4.74 Å². The van der Waals surface area contributed by atoms with E-state index in [1.807, 2.05) is 32.8 Å². The van der Waals surface area contributed by atoms with Crippen LogP contribution in [0.1, 0.15) is 91.0 Å². The van der Waals surface area contributed by atoms with Crippen LogP contribution in [-0.4, -0.2) is 72.5 Å². The van der Waals surface area contributed by atoms with Gasteiger partial charge in [-0.05, 0) is 58.7 Å². The Kier molecular flexibility index (Phi) is 12.8. The number of nitrogens with zero attached hydrogens (tertiary/aromatic N) is 6. The number of unbranched alkanes of at least 4 members (excludes halogenated alkanes) is 3. The number of hydrogen-bond donors (Lipinski definition) is 0. The number of anilines is 1. The first-order chi connectivity index (χ1) is 16.9. The van der Waals surface area contributed by atoms with Crippen LogP contribution in [0.15, 0.2) is 22.8 Å². The van der Waals surface area contributed by atoms with Gasteiger partial charge in [-0.1, -0.05) is 64.4 Å². The second-order valence-corrected chi connectivity index (χ2v) is 10.2. The van der Waals surface area contributed by atoms with Crippen molar-refractivity contribution in [2.24, 2.45) is 5.10 Å². The van der Waals surface area contributed by atoms with Crippen molar-refractivity contribution < 1.29 is 4.74 Å². The van der Waals surface area contributed by atoms with Gasteiger partial charge in [0.2, 0.25) is 11.0 Å². The zero-order chi connectivity index (χ0) is 25.8. The highest BCUT2D eigenvalue weighted by atomic mass is 32.1. The van der Waals surface area contributed by atoms with Crippen molar-refractivity contribution in [3.63, 3.8) is 0 Å². The molecular weight excluding hydrogens is 456 g/mol. The molecule has 2 aliphatic rings. The van der Waals surface area contributed by atoms with Gasteiger partial charge in [-0.15, -0.1) is 15.3 Å². The van der Waals surface area contributed by atoms with Gasteiger partial charge in [0.1, 0.15) is 5.01 Å². The number of rotatable bonds is 13. The smallest absolute Gasteiger partial charge is 0.236 e. The summed E-state index contributed by atoms with van der Waals surface area (Å²) < 4.78 is 5.90. The minimum absolute atomic E-state index is 0.0145. The van der Waals surface area contributed by atoms with Crippen molar-refractivity contribution in [3.8, 4) is 0 Å². The fourth-order valence-electron chi connectivity index (χ4n) is 4.28. The first-order valence-corrected chi connectivity index (χ1v) is 14.4. The molecule has 1 aliphatic heterocycles. The van der Waals surface area contributed by atoms with E-state index in [0.29, 0.717) is 6.04 Å². The summed E-state index contributed by atoms with van der Waals surface area (Å²) in [5, 5.41) is 17.3. The van der Waals surface area contributed by atoms with Gasteiger partial charge in [0, 0.05) is 37.8 Å². The molecule has 2 atom stereocenters. The number of aromatic nitrogens is 2. The van der Waals surface area contributed by atoms with E-state index in [2.05, 4.69) is 65.2 Å². The van der Waals surface area contributed by atoms with E-state index in [1.165, 1.54) is 38.6 Å². The van der Waals surface area contributed by atoms with Gasteiger partial charge in [-0.25, -0.2) is 0 Å². The highest BCUT2D eigenvalue weighted by Crippen LogP contribution is 2.32. The monoisotopic (exact) mass is 504 g/mol. The Balaban J connectivity index is 0.00000210. The molecule has 1 aliphatic carbocycles. The summed E-state index contributed by atoms with van der Waals surface area (Å²) in [6.45, 7) is 12.8. The topological polar surface area (TPSA) is 57.1 Å². The summed E-state index contributed by atoms with van der Waals surface area (Å²) in [6, 6.07) is 0.612. The van der Waals surface area contributed by atoms with Crippen molar-refractivity contribution in [2.45, 2.75) is 98.3 Å². The maximum Gasteiger partial charge on any atom is 0.236 e. The van der Waals surface area contributed by atoms with E-state index in [4.69, 9.17) is 4.74 Å². The lowest BCUT2D eigenvalue weighted by atomic mass is 9.99. The number of allylic oxidation sites excluding steroid dienone is 3. The lowest BCUT2D eigenvalue weighted by Gasteiger charge is -2.28. The predicted molar refractivity (Wildman–Crippen MR) is 151 cm³/mol. The Labute approximate surface area is 217 Å². The van der Waals surface area contributed by atoms with E-state index in [0.717, 1.165) is 53.0 Å². The molecule has 198 valence electrons. The molecule has 35 heavy (non-hydrogen) atoms. The number of hydrogen-bond acceptors (Lipinski definition) is 8. The molecule has 7 nitrogen and oxygen atoms in total. The SMILES string of the molecule is CC.CCCCCCN(C)C(CC)CCN(C)c1nnc(C2=CCCC(C3=NN(C)C(C)O3)=C2)s1. The zero-order valence-electron chi connectivity index (χ0n) is 23.4. The minimum atomic E-state index is -0.0145. The number of hydrazone groups is 1. The molecule has 0 saturated heterocycles. The van der Waals surface area contributed by atoms with Crippen LogP contribution >= 0.6 is 11.3 Å². The van der Waals surface area contributed by atoms with Crippen molar-refractivity contribution in [1.29, 1.82) is 0 Å². The standard InChI is InChI=1S/C25H42N6OS.C2H6/c1-7-9-10-11-16-29(4)22(8-2)15-17-30(5)25-27-26-24(33-25)21-14-12-13-20(18-21)23-28-31(6)19(3)32-23;1-2/h14,18-19,22H,7-13,15-17H2,1-6H3;1-2H3. The molecule has 8 heteroatoms. The molecule has 2 heterocycles. The lowest BCUT2D eigenvalue weighted by Crippen LogP contribution is -2.35. The molecule has 3 rings (SSSR count). The first kappa shape index (κ1) is 29.3. The maximum absolute atomic E-state index is 5.90. The third-order valence-electron chi connectivity index (χ3n) is 6.68. The largest absolute Gasteiger partial charge is 0.451 e. The molecule has 0 spiro atoms. The summed E-state index contributed by atoms with van der Waals surface area (Å²) in [5.41, 5.74) is 2.27. The second kappa shape index (κ2) is 15.2. The van der Waals surface area contributed by atoms with Crippen LogP contribution in [0.25, 0.3) is 5.57 Å². The van der Waals surface area contributed by atoms with E-state index in [1.54, 1.807) is 11.3 Å². The fourth-order valence-corrected chi connectivity index (χ4v) is 5.12. The van der Waals surface area contributed by atoms with Gasteiger partial charge in [0.15, 0.2) is 6.23 Å². The lowest BCUT2D eigenvalue weighted by molar-refractivity contribution is 0.0957. The zero-order valence-corrected chi connectivity index (χ0v) is 24.2. The fraction of sp³-hybridized carbons (Fsp3) is 0.741. The summed E-state index contributed by atoms with van der Waals surface area (Å²) in [4.78, 5) is 4.80. The second-order valence-electron chi connectivity index (χ2n) is 9.27. The minimum Gasteiger partial charge on any atom is -0.451 e. The third kappa shape index (κ3) is 8.60. The average Bonchev–Trinajstić information content (AvgIpc) is 3.50. The van der Waals surface area contributed by atoms with Gasteiger partial charge in [0.05, 0.1) is 0 Å². The van der Waals surface area contributed by atoms with Gasteiger partial charge in [0.25, 0.3) is 0 Å². The Morgan fingerprint density at radius 3 is 2.57 bits per heavy atom. The van der Waals surface area contributed by atoms with Crippen molar-refractivity contribution in [2.75, 3.05) is 39.1 Å². The maximum atomic E-state index is 5.90. The summed E-state index contributed by atoms with van der Waals surface area (Å²) in [6.07, 6.45) is 13.9. The van der Waals surface area contributed by atoms with Crippen molar-refractivity contribution >= 4 is 27.9 Å². The number of ether oxygens (including phenoxy) is 1. The van der Waals surface area contributed by atoms with Crippen LogP contribution in [0, 0.1) is 0 Å². The van der Waals surface area contributed by atoms with Gasteiger partial charge in [-0.2, -0.15) is 0 Å². The van der Waals surface area contributed by atoms with Crippen LogP contribution in [0.5, 0.6) is 0 Å². The molecule has 1 aromatic heterocycles. The van der Waals surface area contributed by atoms with Crippen LogP contribution in [0.2, 0.25) is 0 Å². The molecule has 1 aromatic rings. The molecule has 0 radical (unpaired) electrons. The molecule has 2 unspecified atom stereocenters. The van der Waals surface area contributed by atoms with Gasteiger partial charge in [-0.3, -0.25) is 5.01 Å². The summed E-state index contributed by atoms with van der Waals surface area (Å²) in [7, 11) is 6.35. The Bertz CT molecular complexity index is 848. The van der Waals surface area contributed by atoms with Crippen molar-refractivity contribution in [1.82, 2.24) is 20.1 Å². The van der Waals surface area contributed by atoms with Crippen LogP contribution in [0.4, 0.5) is 5.13 Å². The average molecular weight is 505 g/mol. The summed E-state index contributed by atoms with van der Waals surface area (Å²) in [5.74, 6) is 0.738. The molecule has 0 amide bonds. The Morgan fingerprint density at radius 2 is 1.91 bits per heavy atom. The van der Waals surface area contributed by atoms with Crippen LogP contribution < -0.4 is 4.90 Å². The van der Waals surface area contributed by atoms with E-state index < -0.39 is 0 Å². The Morgan fingerprint density at radius 1 is 1.14 bits per heavy atom. The predicted octanol–water partition coefficient (Wildman–Crippen LogP) is 6.41.